The molecule has 1 unspecified atom stereocenters. The highest BCUT2D eigenvalue weighted by Crippen LogP contribution is 2.43. The number of nitrogens with zero attached hydrogens (tertiary/aromatic N) is 2. The molecule has 0 aromatic carbocycles. The lowest BCUT2D eigenvalue weighted by Gasteiger charge is -2.33. The number of hydrogen-bond acceptors (Lipinski definition) is 4. The number of rotatable bonds is 4. The number of hydrogen-bond donors (Lipinski definition) is 1. The van der Waals surface area contributed by atoms with Crippen molar-refractivity contribution in [3.63, 3.8) is 0 Å². The van der Waals surface area contributed by atoms with Gasteiger partial charge in [-0.05, 0) is 19.3 Å². The molecule has 0 spiro atoms. The van der Waals surface area contributed by atoms with Gasteiger partial charge in [-0.2, -0.15) is 0 Å². The molecule has 1 fully saturated rings. The predicted molar refractivity (Wildman–Crippen MR) is 85.6 cm³/mol. The van der Waals surface area contributed by atoms with Crippen LogP contribution in [0.4, 0.5) is 0 Å². The number of aryl methyl sites for hydroxylation is 1. The van der Waals surface area contributed by atoms with Crippen molar-refractivity contribution in [2.24, 2.45) is 0 Å². The van der Waals surface area contributed by atoms with Gasteiger partial charge in [0.1, 0.15) is 5.01 Å². The van der Waals surface area contributed by atoms with E-state index in [1.54, 1.807) is 4.88 Å². The molecule has 2 aliphatic rings. The molecule has 1 aliphatic carbocycles. The van der Waals surface area contributed by atoms with Gasteiger partial charge in [0, 0.05) is 36.5 Å². The van der Waals surface area contributed by atoms with Crippen molar-refractivity contribution in [1.82, 2.24) is 15.2 Å². The van der Waals surface area contributed by atoms with Crippen molar-refractivity contribution < 1.29 is 0 Å². The van der Waals surface area contributed by atoms with Gasteiger partial charge < -0.3 is 5.32 Å². The molecule has 2 heterocycles. The van der Waals surface area contributed by atoms with Crippen LogP contribution in [0.3, 0.4) is 0 Å². The number of piperazine rings is 1. The van der Waals surface area contributed by atoms with Crippen LogP contribution in [-0.2, 0) is 11.8 Å². The molecule has 0 radical (unpaired) electrons. The summed E-state index contributed by atoms with van der Waals surface area (Å²) in [5.41, 5.74) is 1.69. The van der Waals surface area contributed by atoms with Gasteiger partial charge in [-0.1, -0.05) is 27.2 Å². The fourth-order valence-electron chi connectivity index (χ4n) is 3.48. The molecule has 1 aliphatic heterocycles. The van der Waals surface area contributed by atoms with Crippen molar-refractivity contribution >= 4 is 11.3 Å². The molecular weight excluding hydrogens is 266 g/mol. The van der Waals surface area contributed by atoms with Crippen molar-refractivity contribution in [2.45, 2.75) is 57.9 Å². The highest BCUT2D eigenvalue weighted by atomic mass is 32.1. The third-order valence-electron chi connectivity index (χ3n) is 4.77. The standard InChI is InChI=1S/C16H27N3S/c1-4-5-12(19-10-8-17-9-11-19)15-18-14-13(20-15)6-7-16(14,2)3/h12,17H,4-11H2,1-3H3. The molecule has 0 saturated carbocycles. The molecule has 20 heavy (non-hydrogen) atoms. The average molecular weight is 293 g/mol. The zero-order chi connectivity index (χ0) is 14.2. The van der Waals surface area contributed by atoms with Crippen molar-refractivity contribution in [2.75, 3.05) is 26.2 Å². The molecule has 4 heteroatoms. The minimum Gasteiger partial charge on any atom is -0.314 e. The van der Waals surface area contributed by atoms with Crippen LogP contribution in [-0.4, -0.2) is 36.1 Å². The van der Waals surface area contributed by atoms with E-state index in [-0.39, 0.29) is 0 Å². The van der Waals surface area contributed by atoms with E-state index in [9.17, 15) is 0 Å². The topological polar surface area (TPSA) is 28.2 Å². The van der Waals surface area contributed by atoms with Gasteiger partial charge in [-0.15, -0.1) is 11.3 Å². The van der Waals surface area contributed by atoms with Gasteiger partial charge in [-0.3, -0.25) is 4.90 Å². The lowest BCUT2D eigenvalue weighted by atomic mass is 9.91. The van der Waals surface area contributed by atoms with Crippen molar-refractivity contribution in [1.29, 1.82) is 0 Å². The maximum Gasteiger partial charge on any atom is 0.110 e. The summed E-state index contributed by atoms with van der Waals surface area (Å²) in [6, 6.07) is 0.550. The van der Waals surface area contributed by atoms with Gasteiger partial charge in [0.05, 0.1) is 11.7 Å². The lowest BCUT2D eigenvalue weighted by molar-refractivity contribution is 0.164. The zero-order valence-corrected chi connectivity index (χ0v) is 13.9. The Bertz CT molecular complexity index is 460. The normalized spacial score (nSPS) is 23.8. The summed E-state index contributed by atoms with van der Waals surface area (Å²) in [6.07, 6.45) is 4.99. The highest BCUT2D eigenvalue weighted by molar-refractivity contribution is 7.11. The van der Waals surface area contributed by atoms with Gasteiger partial charge >= 0.3 is 0 Å². The lowest BCUT2D eigenvalue weighted by Crippen LogP contribution is -2.45. The quantitative estimate of drug-likeness (QED) is 0.924. The summed E-state index contributed by atoms with van der Waals surface area (Å²) in [6.45, 7) is 11.6. The monoisotopic (exact) mass is 293 g/mol. The first-order chi connectivity index (χ1) is 9.62. The smallest absolute Gasteiger partial charge is 0.110 e. The molecule has 112 valence electrons. The van der Waals surface area contributed by atoms with Crippen LogP contribution in [0.25, 0.3) is 0 Å². The van der Waals surface area contributed by atoms with E-state index in [0.717, 1.165) is 26.2 Å². The van der Waals surface area contributed by atoms with Crippen molar-refractivity contribution in [3.8, 4) is 0 Å². The molecule has 1 N–H and O–H groups in total. The van der Waals surface area contributed by atoms with Gasteiger partial charge in [0.25, 0.3) is 0 Å². The number of fused-ring (bicyclic) bond motifs is 1. The second-order valence-corrected chi connectivity index (χ2v) is 7.91. The minimum absolute atomic E-state index is 0.296. The van der Waals surface area contributed by atoms with Crippen LogP contribution in [0.15, 0.2) is 0 Å². The van der Waals surface area contributed by atoms with E-state index in [1.807, 2.05) is 11.3 Å². The number of thiazole rings is 1. The molecule has 1 saturated heterocycles. The second-order valence-electron chi connectivity index (χ2n) is 6.80. The van der Waals surface area contributed by atoms with Gasteiger partial charge in [0.15, 0.2) is 0 Å². The maximum absolute atomic E-state index is 5.09. The minimum atomic E-state index is 0.296. The fraction of sp³-hybridized carbons (Fsp3) is 0.812. The molecular formula is C16H27N3S. The third-order valence-corrected chi connectivity index (χ3v) is 5.99. The van der Waals surface area contributed by atoms with Crippen molar-refractivity contribution in [3.05, 3.63) is 15.6 Å². The van der Waals surface area contributed by atoms with Gasteiger partial charge in [-0.25, -0.2) is 4.98 Å². The summed E-state index contributed by atoms with van der Waals surface area (Å²) in [5.74, 6) is 0. The summed E-state index contributed by atoms with van der Waals surface area (Å²) >= 11 is 1.99. The van der Waals surface area contributed by atoms with Crippen LogP contribution in [0.1, 0.15) is 61.7 Å². The van der Waals surface area contributed by atoms with E-state index in [0.29, 0.717) is 11.5 Å². The van der Waals surface area contributed by atoms with E-state index in [2.05, 4.69) is 31.0 Å². The first kappa shape index (κ1) is 14.5. The largest absolute Gasteiger partial charge is 0.314 e. The molecule has 1 aromatic heterocycles. The van der Waals surface area contributed by atoms with E-state index in [4.69, 9.17) is 4.98 Å². The van der Waals surface area contributed by atoms with Crippen LogP contribution in [0.5, 0.6) is 0 Å². The Morgan fingerprint density at radius 2 is 2.10 bits per heavy atom. The van der Waals surface area contributed by atoms with Crippen LogP contribution in [0, 0.1) is 0 Å². The molecule has 0 amide bonds. The Balaban J connectivity index is 1.85. The number of nitrogens with one attached hydrogen (secondary N) is 1. The summed E-state index contributed by atoms with van der Waals surface area (Å²) in [5, 5.41) is 4.84. The van der Waals surface area contributed by atoms with Crippen LogP contribution < -0.4 is 5.32 Å². The predicted octanol–water partition coefficient (Wildman–Crippen LogP) is 3.11. The summed E-state index contributed by atoms with van der Waals surface area (Å²) < 4.78 is 0. The zero-order valence-electron chi connectivity index (χ0n) is 13.0. The van der Waals surface area contributed by atoms with Crippen LogP contribution in [0.2, 0.25) is 0 Å². The third kappa shape index (κ3) is 2.66. The Hall–Kier alpha value is -0.450. The molecule has 1 aromatic rings. The first-order valence-electron chi connectivity index (χ1n) is 8.06. The summed E-state index contributed by atoms with van der Waals surface area (Å²) in [4.78, 5) is 9.29. The van der Waals surface area contributed by atoms with Gasteiger partial charge in [0.2, 0.25) is 0 Å². The number of aromatic nitrogens is 1. The van der Waals surface area contributed by atoms with Crippen LogP contribution >= 0.6 is 11.3 Å². The maximum atomic E-state index is 5.09. The molecule has 1 atom stereocenters. The Kier molecular flexibility index (Phi) is 4.16. The first-order valence-corrected chi connectivity index (χ1v) is 8.88. The highest BCUT2D eigenvalue weighted by Gasteiger charge is 2.35. The Morgan fingerprint density at radius 3 is 2.75 bits per heavy atom. The fourth-order valence-corrected chi connectivity index (χ4v) is 4.90. The Morgan fingerprint density at radius 1 is 1.35 bits per heavy atom. The molecule has 3 rings (SSSR count). The van der Waals surface area contributed by atoms with E-state index in [1.165, 1.54) is 36.4 Å². The SMILES string of the molecule is CCCC(c1nc2c(s1)CCC2(C)C)N1CCNCC1. The van der Waals surface area contributed by atoms with E-state index >= 15 is 0 Å². The second kappa shape index (κ2) is 5.74. The summed E-state index contributed by atoms with van der Waals surface area (Å²) in [7, 11) is 0. The molecule has 3 nitrogen and oxygen atoms in total. The molecule has 0 bridgehead atoms. The van der Waals surface area contributed by atoms with E-state index < -0.39 is 0 Å². The average Bonchev–Trinajstić information content (AvgIpc) is 2.98. The Labute approximate surface area is 126 Å².